The number of rotatable bonds is 1. The van der Waals surface area contributed by atoms with Crippen LogP contribution in [0, 0.1) is 29.1 Å². The summed E-state index contributed by atoms with van der Waals surface area (Å²) < 4.78 is 68.0. The zero-order valence-electron chi connectivity index (χ0n) is 10.5. The lowest BCUT2D eigenvalue weighted by Crippen LogP contribution is -2.15. The third kappa shape index (κ3) is 1.87. The van der Waals surface area contributed by atoms with Crippen molar-refractivity contribution in [2.45, 2.75) is 19.3 Å². The molecule has 1 heterocycles. The zero-order chi connectivity index (χ0) is 15.3. The Hall–Kier alpha value is -2.18. The molecule has 110 valence electrons. The number of nitrogens with zero attached hydrogens (tertiary/aromatic N) is 1. The van der Waals surface area contributed by atoms with Crippen LogP contribution >= 0.6 is 0 Å². The molecule has 3 rings (SSSR count). The third-order valence-corrected chi connectivity index (χ3v) is 3.54. The molecule has 2 nitrogen and oxygen atoms in total. The van der Waals surface area contributed by atoms with Gasteiger partial charge in [0.2, 0.25) is 5.82 Å². The van der Waals surface area contributed by atoms with Crippen LogP contribution in [0.2, 0.25) is 0 Å². The molecule has 0 aliphatic heterocycles. The highest BCUT2D eigenvalue weighted by Crippen LogP contribution is 2.31. The van der Waals surface area contributed by atoms with E-state index in [0.717, 1.165) is 10.8 Å². The van der Waals surface area contributed by atoms with Crippen LogP contribution in [0.4, 0.5) is 22.0 Å². The van der Waals surface area contributed by atoms with E-state index >= 15 is 0 Å². The Morgan fingerprint density at radius 2 is 1.43 bits per heavy atom. The van der Waals surface area contributed by atoms with Gasteiger partial charge in [-0.3, -0.25) is 4.79 Å². The summed E-state index contributed by atoms with van der Waals surface area (Å²) in [5.74, 6) is -10.3. The number of fused-ring (bicyclic) bond motifs is 1. The van der Waals surface area contributed by atoms with Crippen LogP contribution in [0.3, 0.4) is 0 Å². The minimum atomic E-state index is -2.20. The first-order valence-electron chi connectivity index (χ1n) is 6.18. The molecule has 0 atom stereocenters. The highest BCUT2D eigenvalue weighted by molar-refractivity contribution is 5.98. The largest absolute Gasteiger partial charge is 0.315 e. The number of hydrogen-bond acceptors (Lipinski definition) is 1. The van der Waals surface area contributed by atoms with E-state index in [2.05, 4.69) is 0 Å². The van der Waals surface area contributed by atoms with Crippen molar-refractivity contribution in [3.05, 3.63) is 52.6 Å². The average molecular weight is 301 g/mol. The fourth-order valence-electron chi connectivity index (χ4n) is 2.54. The third-order valence-electron chi connectivity index (χ3n) is 3.54. The molecular weight excluding hydrogens is 293 g/mol. The Bertz CT molecular complexity index is 736. The van der Waals surface area contributed by atoms with Crippen LogP contribution < -0.4 is 0 Å². The van der Waals surface area contributed by atoms with Crippen molar-refractivity contribution < 1.29 is 26.7 Å². The number of benzene rings is 1. The number of halogens is 5. The van der Waals surface area contributed by atoms with E-state index in [1.807, 2.05) is 0 Å². The van der Waals surface area contributed by atoms with E-state index in [1.54, 1.807) is 0 Å². The number of Topliss-reactive ketones (excluding diaryl/α,β-unsaturated/α-hetero) is 1. The number of aromatic nitrogens is 1. The topological polar surface area (TPSA) is 22.0 Å². The van der Waals surface area contributed by atoms with E-state index < -0.39 is 34.8 Å². The molecule has 2 aromatic rings. The van der Waals surface area contributed by atoms with Crippen LogP contribution in [0.25, 0.3) is 5.69 Å². The number of hydrogen-bond donors (Lipinski definition) is 0. The van der Waals surface area contributed by atoms with Gasteiger partial charge in [0.05, 0.1) is 0 Å². The SMILES string of the molecule is O=C1CCCc2c1ccn2-c1c(F)c(F)c(F)c(F)c1F. The summed E-state index contributed by atoms with van der Waals surface area (Å²) in [5, 5.41) is 0. The molecule has 0 radical (unpaired) electrons. The van der Waals surface area contributed by atoms with Gasteiger partial charge in [0.15, 0.2) is 29.1 Å². The molecule has 0 N–H and O–H groups in total. The molecule has 0 bridgehead atoms. The molecule has 1 aliphatic carbocycles. The minimum absolute atomic E-state index is 0.209. The van der Waals surface area contributed by atoms with Gasteiger partial charge in [-0.15, -0.1) is 0 Å². The van der Waals surface area contributed by atoms with Gasteiger partial charge in [-0.25, -0.2) is 22.0 Å². The normalized spacial score (nSPS) is 14.4. The van der Waals surface area contributed by atoms with Crippen molar-refractivity contribution in [1.82, 2.24) is 4.57 Å². The highest BCUT2D eigenvalue weighted by Gasteiger charge is 2.29. The van der Waals surface area contributed by atoms with Gasteiger partial charge in [-0.05, 0) is 18.9 Å². The molecule has 1 aromatic carbocycles. The Morgan fingerprint density at radius 3 is 2.05 bits per heavy atom. The predicted molar refractivity (Wildman–Crippen MR) is 62.8 cm³/mol. The van der Waals surface area contributed by atoms with Crippen molar-refractivity contribution in [3.8, 4) is 5.69 Å². The maximum absolute atomic E-state index is 13.8. The predicted octanol–water partition coefficient (Wildman–Crippen LogP) is 3.69. The van der Waals surface area contributed by atoms with E-state index in [0.29, 0.717) is 19.3 Å². The van der Waals surface area contributed by atoms with E-state index in [1.165, 1.54) is 6.07 Å². The smallest absolute Gasteiger partial charge is 0.200 e. The van der Waals surface area contributed by atoms with Crippen LogP contribution in [-0.2, 0) is 6.42 Å². The molecule has 0 spiro atoms. The van der Waals surface area contributed by atoms with Crippen LogP contribution in [0.1, 0.15) is 28.9 Å². The first-order chi connectivity index (χ1) is 9.93. The maximum atomic E-state index is 13.8. The first kappa shape index (κ1) is 13.8. The minimum Gasteiger partial charge on any atom is -0.315 e. The summed E-state index contributed by atoms with van der Waals surface area (Å²) in [6, 6.07) is 1.33. The Labute approximate surface area is 115 Å². The van der Waals surface area contributed by atoms with Crippen molar-refractivity contribution in [2.75, 3.05) is 0 Å². The van der Waals surface area contributed by atoms with E-state index in [9.17, 15) is 26.7 Å². The molecule has 7 heteroatoms. The average Bonchev–Trinajstić information content (AvgIpc) is 2.89. The van der Waals surface area contributed by atoms with Crippen LogP contribution in [0.5, 0.6) is 0 Å². The first-order valence-corrected chi connectivity index (χ1v) is 6.18. The number of ketones is 1. The van der Waals surface area contributed by atoms with Gasteiger partial charge in [0.25, 0.3) is 0 Å². The quantitative estimate of drug-likeness (QED) is 0.447. The van der Waals surface area contributed by atoms with Gasteiger partial charge < -0.3 is 4.57 Å². The van der Waals surface area contributed by atoms with E-state index in [4.69, 9.17) is 0 Å². The molecule has 0 fully saturated rings. The molecule has 1 aromatic heterocycles. The highest BCUT2D eigenvalue weighted by atomic mass is 19.2. The molecule has 21 heavy (non-hydrogen) atoms. The lowest BCUT2D eigenvalue weighted by molar-refractivity contribution is 0.0972. The Kier molecular flexibility index (Phi) is 3.07. The summed E-state index contributed by atoms with van der Waals surface area (Å²) >= 11 is 0. The summed E-state index contributed by atoms with van der Waals surface area (Å²) in [4.78, 5) is 11.7. The van der Waals surface area contributed by atoms with Crippen molar-refractivity contribution in [3.63, 3.8) is 0 Å². The van der Waals surface area contributed by atoms with Crippen molar-refractivity contribution in [2.24, 2.45) is 0 Å². The molecule has 0 unspecified atom stereocenters. The van der Waals surface area contributed by atoms with E-state index in [-0.39, 0.29) is 17.0 Å². The maximum Gasteiger partial charge on any atom is 0.200 e. The lowest BCUT2D eigenvalue weighted by Gasteiger charge is -2.16. The molecule has 1 aliphatic rings. The van der Waals surface area contributed by atoms with Gasteiger partial charge in [-0.2, -0.15) is 0 Å². The summed E-state index contributed by atoms with van der Waals surface area (Å²) in [7, 11) is 0. The second-order valence-corrected chi connectivity index (χ2v) is 4.74. The van der Waals surface area contributed by atoms with Crippen LogP contribution in [0.15, 0.2) is 12.3 Å². The summed E-state index contributed by atoms with van der Waals surface area (Å²) in [6.45, 7) is 0. The zero-order valence-corrected chi connectivity index (χ0v) is 10.5. The number of carbonyl (C=O) groups excluding carboxylic acids is 1. The monoisotopic (exact) mass is 301 g/mol. The molecule has 0 saturated heterocycles. The Balaban J connectivity index is 2.30. The second-order valence-electron chi connectivity index (χ2n) is 4.74. The van der Waals surface area contributed by atoms with Gasteiger partial charge in [-0.1, -0.05) is 0 Å². The fraction of sp³-hybridized carbons (Fsp3) is 0.214. The molecular formula is C14H8F5NO. The lowest BCUT2D eigenvalue weighted by atomic mass is 9.96. The van der Waals surface area contributed by atoms with Gasteiger partial charge >= 0.3 is 0 Å². The summed E-state index contributed by atoms with van der Waals surface area (Å²) in [6.07, 6.45) is 2.24. The van der Waals surface area contributed by atoms with Crippen molar-refractivity contribution in [1.29, 1.82) is 0 Å². The standard InChI is InChI=1S/C14H8F5NO/c15-9-10(16)12(18)14(13(19)11(9)17)20-5-4-6-7(20)2-1-3-8(6)21/h4-5H,1-3H2. The summed E-state index contributed by atoms with van der Waals surface area (Å²) in [5.41, 5.74) is -0.540. The number of carbonyl (C=O) groups is 1. The fourth-order valence-corrected chi connectivity index (χ4v) is 2.54. The van der Waals surface area contributed by atoms with Crippen molar-refractivity contribution >= 4 is 5.78 Å². The molecule has 0 amide bonds. The Morgan fingerprint density at radius 1 is 0.857 bits per heavy atom. The molecule has 0 saturated carbocycles. The second kappa shape index (κ2) is 4.68. The van der Waals surface area contributed by atoms with Gasteiger partial charge in [0, 0.05) is 23.9 Å². The van der Waals surface area contributed by atoms with Gasteiger partial charge in [0.1, 0.15) is 5.69 Å². The van der Waals surface area contributed by atoms with Crippen LogP contribution in [-0.4, -0.2) is 10.4 Å².